The third-order valence-corrected chi connectivity index (χ3v) is 2.56. The molecule has 1 atom stereocenters. The van der Waals surface area contributed by atoms with Crippen LogP contribution < -0.4 is 10.6 Å². The lowest BCUT2D eigenvalue weighted by atomic mass is 10.2. The van der Waals surface area contributed by atoms with E-state index in [1.165, 1.54) is 0 Å². The van der Waals surface area contributed by atoms with Gasteiger partial charge in [-0.15, -0.1) is 0 Å². The highest BCUT2D eigenvalue weighted by Crippen LogP contribution is 2.20. The highest BCUT2D eigenvalue weighted by Gasteiger charge is 2.11. The van der Waals surface area contributed by atoms with Gasteiger partial charge in [0.15, 0.2) is 0 Å². The van der Waals surface area contributed by atoms with Gasteiger partial charge in [0.2, 0.25) is 0 Å². The maximum Gasteiger partial charge on any atom is 0.134 e. The van der Waals surface area contributed by atoms with Crippen LogP contribution in [-0.4, -0.2) is 48.6 Å². The summed E-state index contributed by atoms with van der Waals surface area (Å²) in [5, 5.41) is 6.53. The van der Waals surface area contributed by atoms with E-state index in [2.05, 4.69) is 53.4 Å². The number of nitrogens with zero attached hydrogens (tertiary/aromatic N) is 3. The molecule has 2 N–H and O–H groups in total. The highest BCUT2D eigenvalue weighted by molar-refractivity contribution is 5.57. The van der Waals surface area contributed by atoms with Crippen molar-refractivity contribution in [2.24, 2.45) is 0 Å². The monoisotopic (exact) mass is 237 g/mol. The average molecular weight is 237 g/mol. The van der Waals surface area contributed by atoms with Crippen LogP contribution >= 0.6 is 0 Å². The summed E-state index contributed by atoms with van der Waals surface area (Å²) in [5.41, 5.74) is 1.14. The fourth-order valence-corrected chi connectivity index (χ4v) is 1.91. The number of hydrogen-bond donors (Lipinski definition) is 2. The fourth-order valence-electron chi connectivity index (χ4n) is 1.91. The molecule has 0 bridgehead atoms. The number of anilines is 2. The molecule has 5 heteroatoms. The van der Waals surface area contributed by atoms with Crippen molar-refractivity contribution in [3.63, 3.8) is 0 Å². The van der Waals surface area contributed by atoms with E-state index >= 15 is 0 Å². The van der Waals surface area contributed by atoms with E-state index in [4.69, 9.17) is 0 Å². The summed E-state index contributed by atoms with van der Waals surface area (Å²) in [7, 11) is 6.02. The summed E-state index contributed by atoms with van der Waals surface area (Å²) in [6.45, 7) is 5.24. The van der Waals surface area contributed by atoms with E-state index in [0.717, 1.165) is 30.2 Å². The summed E-state index contributed by atoms with van der Waals surface area (Å²) >= 11 is 0. The molecule has 0 aliphatic carbocycles. The van der Waals surface area contributed by atoms with E-state index < -0.39 is 0 Å². The first-order chi connectivity index (χ1) is 8.08. The third-order valence-electron chi connectivity index (χ3n) is 2.56. The Morgan fingerprint density at radius 2 is 1.94 bits per heavy atom. The molecule has 1 rings (SSSR count). The Labute approximate surface area is 104 Å². The number of nitrogens with one attached hydrogen (secondary N) is 2. The predicted molar refractivity (Wildman–Crippen MR) is 72.6 cm³/mol. The van der Waals surface area contributed by atoms with Gasteiger partial charge in [-0.1, -0.05) is 6.92 Å². The quantitative estimate of drug-likeness (QED) is 0.784. The molecule has 1 unspecified atom stereocenters. The van der Waals surface area contributed by atoms with E-state index in [1.807, 2.05) is 7.05 Å². The second-order valence-electron chi connectivity index (χ2n) is 4.46. The third kappa shape index (κ3) is 3.85. The second kappa shape index (κ2) is 6.39. The molecule has 0 radical (unpaired) electrons. The van der Waals surface area contributed by atoms with Gasteiger partial charge in [0.25, 0.3) is 0 Å². The van der Waals surface area contributed by atoms with Gasteiger partial charge in [0, 0.05) is 25.2 Å². The van der Waals surface area contributed by atoms with Crippen LogP contribution in [0.5, 0.6) is 0 Å². The lowest BCUT2D eigenvalue weighted by Crippen LogP contribution is -2.30. The molecule has 96 valence electrons. The molecular formula is C12H23N5. The Balaban J connectivity index is 2.83. The Morgan fingerprint density at radius 1 is 1.29 bits per heavy atom. The first-order valence-corrected chi connectivity index (χ1v) is 6.01. The molecular weight excluding hydrogens is 214 g/mol. The number of likely N-dealkylation sites (N-methyl/N-ethyl adjacent to an activating group) is 1. The van der Waals surface area contributed by atoms with E-state index in [-0.39, 0.29) is 0 Å². The van der Waals surface area contributed by atoms with Gasteiger partial charge in [-0.05, 0) is 27.4 Å². The first-order valence-electron chi connectivity index (χ1n) is 6.01. The Hall–Kier alpha value is -1.36. The van der Waals surface area contributed by atoms with Crippen molar-refractivity contribution >= 4 is 11.6 Å². The largest absolute Gasteiger partial charge is 0.373 e. The molecule has 0 saturated heterocycles. The molecule has 1 aromatic rings. The molecule has 5 nitrogen and oxygen atoms in total. The van der Waals surface area contributed by atoms with Crippen LogP contribution in [0.25, 0.3) is 0 Å². The second-order valence-corrected chi connectivity index (χ2v) is 4.46. The topological polar surface area (TPSA) is 53.1 Å². The minimum absolute atomic E-state index is 0.356. The van der Waals surface area contributed by atoms with Gasteiger partial charge < -0.3 is 15.5 Å². The SMILES string of the molecule is CCc1c(NC)ncnc1NC(C)CN(C)C. The van der Waals surface area contributed by atoms with Crippen LogP contribution in [0.2, 0.25) is 0 Å². The Kier molecular flexibility index (Phi) is 5.15. The molecule has 0 spiro atoms. The summed E-state index contributed by atoms with van der Waals surface area (Å²) < 4.78 is 0. The van der Waals surface area contributed by atoms with Crippen molar-refractivity contribution in [2.75, 3.05) is 38.3 Å². The normalized spacial score (nSPS) is 12.6. The summed E-state index contributed by atoms with van der Waals surface area (Å²) in [5.74, 6) is 1.84. The van der Waals surface area contributed by atoms with Crippen molar-refractivity contribution in [3.05, 3.63) is 11.9 Å². The molecule has 17 heavy (non-hydrogen) atoms. The van der Waals surface area contributed by atoms with Crippen molar-refractivity contribution in [3.8, 4) is 0 Å². The van der Waals surface area contributed by atoms with E-state index in [1.54, 1.807) is 6.33 Å². The summed E-state index contributed by atoms with van der Waals surface area (Å²) in [6.07, 6.45) is 2.50. The fraction of sp³-hybridized carbons (Fsp3) is 0.667. The van der Waals surface area contributed by atoms with Gasteiger partial charge in [0.05, 0.1) is 0 Å². The van der Waals surface area contributed by atoms with Gasteiger partial charge in [-0.25, -0.2) is 9.97 Å². The summed E-state index contributed by atoms with van der Waals surface area (Å²) in [6, 6.07) is 0.356. The average Bonchev–Trinajstić information content (AvgIpc) is 2.27. The minimum atomic E-state index is 0.356. The maximum absolute atomic E-state index is 4.32. The van der Waals surface area contributed by atoms with Gasteiger partial charge in [-0.2, -0.15) is 0 Å². The Morgan fingerprint density at radius 3 is 2.47 bits per heavy atom. The molecule has 1 aromatic heterocycles. The van der Waals surface area contributed by atoms with Crippen LogP contribution in [0, 0.1) is 0 Å². The molecule has 1 heterocycles. The van der Waals surface area contributed by atoms with Crippen LogP contribution in [0.3, 0.4) is 0 Å². The zero-order valence-electron chi connectivity index (χ0n) is 11.4. The molecule has 0 aliphatic heterocycles. The number of hydrogen-bond acceptors (Lipinski definition) is 5. The van der Waals surface area contributed by atoms with E-state index in [0.29, 0.717) is 6.04 Å². The van der Waals surface area contributed by atoms with Crippen molar-refractivity contribution in [1.82, 2.24) is 14.9 Å². The predicted octanol–water partition coefficient (Wildman–Crippen LogP) is 1.44. The van der Waals surface area contributed by atoms with Crippen molar-refractivity contribution in [2.45, 2.75) is 26.3 Å². The summed E-state index contributed by atoms with van der Waals surface area (Å²) in [4.78, 5) is 10.7. The van der Waals surface area contributed by atoms with Gasteiger partial charge in [0.1, 0.15) is 18.0 Å². The van der Waals surface area contributed by atoms with Crippen LogP contribution in [0.4, 0.5) is 11.6 Å². The van der Waals surface area contributed by atoms with E-state index in [9.17, 15) is 0 Å². The Bertz CT molecular complexity index is 351. The van der Waals surface area contributed by atoms with Crippen molar-refractivity contribution in [1.29, 1.82) is 0 Å². The zero-order chi connectivity index (χ0) is 12.8. The maximum atomic E-state index is 4.32. The van der Waals surface area contributed by atoms with Crippen LogP contribution in [-0.2, 0) is 6.42 Å². The van der Waals surface area contributed by atoms with Crippen LogP contribution in [0.1, 0.15) is 19.4 Å². The molecule has 0 saturated carbocycles. The van der Waals surface area contributed by atoms with Crippen molar-refractivity contribution < 1.29 is 0 Å². The van der Waals surface area contributed by atoms with Crippen LogP contribution in [0.15, 0.2) is 6.33 Å². The zero-order valence-corrected chi connectivity index (χ0v) is 11.4. The molecule has 0 amide bonds. The first kappa shape index (κ1) is 13.7. The molecule has 0 aromatic carbocycles. The number of rotatable bonds is 6. The molecule has 0 aliphatic rings. The van der Waals surface area contributed by atoms with Gasteiger partial charge in [-0.3, -0.25) is 0 Å². The van der Waals surface area contributed by atoms with Gasteiger partial charge >= 0.3 is 0 Å². The lowest BCUT2D eigenvalue weighted by molar-refractivity contribution is 0.392. The molecule has 0 fully saturated rings. The standard InChI is InChI=1S/C12H23N5/c1-6-10-11(13-3)14-8-15-12(10)16-9(2)7-17(4)5/h8-9H,6-7H2,1-5H3,(H2,13,14,15,16). The smallest absolute Gasteiger partial charge is 0.134 e. The minimum Gasteiger partial charge on any atom is -0.373 e. The lowest BCUT2D eigenvalue weighted by Gasteiger charge is -2.20. The highest BCUT2D eigenvalue weighted by atomic mass is 15.1. The number of aromatic nitrogens is 2.